The van der Waals surface area contributed by atoms with E-state index in [2.05, 4.69) is 37.5 Å². The average molecular weight is 198 g/mol. The van der Waals surface area contributed by atoms with Crippen LogP contribution in [0, 0.1) is 5.92 Å². The Kier molecular flexibility index (Phi) is 4.36. The van der Waals surface area contributed by atoms with Gasteiger partial charge in [0, 0.05) is 18.5 Å². The quantitative estimate of drug-likeness (QED) is 0.724. The molecule has 0 bridgehead atoms. The number of hydrogen-bond acceptors (Lipinski definition) is 2. The van der Waals surface area contributed by atoms with Crippen LogP contribution in [0.1, 0.15) is 26.0 Å². The first-order valence-electron chi connectivity index (χ1n) is 4.73. The Hall–Kier alpha value is -0.440. The number of aryl methyl sites for hydroxylation is 1. The summed E-state index contributed by atoms with van der Waals surface area (Å²) in [5, 5.41) is 4.47. The Balaban J connectivity index is 2.39. The molecule has 0 aromatic carbocycles. The van der Waals surface area contributed by atoms with Gasteiger partial charge >= 0.3 is 0 Å². The van der Waals surface area contributed by atoms with Crippen molar-refractivity contribution in [2.24, 2.45) is 5.92 Å². The van der Waals surface area contributed by atoms with Gasteiger partial charge < -0.3 is 0 Å². The van der Waals surface area contributed by atoms with Crippen LogP contribution in [0.2, 0.25) is 0 Å². The zero-order valence-corrected chi connectivity index (χ0v) is 9.47. The molecule has 0 atom stereocenters. The molecule has 1 aromatic rings. The van der Waals surface area contributed by atoms with E-state index in [0.717, 1.165) is 18.2 Å². The van der Waals surface area contributed by atoms with Crippen molar-refractivity contribution >= 4 is 11.8 Å². The molecular formula is C10H18N2S. The van der Waals surface area contributed by atoms with Crippen molar-refractivity contribution in [3.63, 3.8) is 0 Å². The van der Waals surface area contributed by atoms with Crippen LogP contribution in [0.25, 0.3) is 0 Å². The van der Waals surface area contributed by atoms with Crippen molar-refractivity contribution < 1.29 is 0 Å². The summed E-state index contributed by atoms with van der Waals surface area (Å²) in [7, 11) is 0. The van der Waals surface area contributed by atoms with E-state index in [0.29, 0.717) is 0 Å². The molecule has 0 amide bonds. The van der Waals surface area contributed by atoms with Crippen molar-refractivity contribution in [2.75, 3.05) is 6.26 Å². The van der Waals surface area contributed by atoms with Crippen LogP contribution in [0.15, 0.2) is 12.3 Å². The number of nitrogens with zero attached hydrogens (tertiary/aromatic N) is 2. The van der Waals surface area contributed by atoms with Crippen molar-refractivity contribution in [3.05, 3.63) is 18.0 Å². The lowest BCUT2D eigenvalue weighted by molar-refractivity contribution is 0.485. The number of hydrogen-bond donors (Lipinski definition) is 0. The van der Waals surface area contributed by atoms with E-state index in [-0.39, 0.29) is 0 Å². The van der Waals surface area contributed by atoms with Gasteiger partial charge in [-0.1, -0.05) is 13.8 Å². The summed E-state index contributed by atoms with van der Waals surface area (Å²) in [6, 6.07) is 2.11. The van der Waals surface area contributed by atoms with E-state index < -0.39 is 0 Å². The Bertz CT molecular complexity index is 243. The fraction of sp³-hybridized carbons (Fsp3) is 0.700. The predicted molar refractivity (Wildman–Crippen MR) is 58.9 cm³/mol. The SMILES string of the molecule is CSCc1ccn(CCC(C)C)n1. The van der Waals surface area contributed by atoms with E-state index in [4.69, 9.17) is 0 Å². The van der Waals surface area contributed by atoms with Gasteiger partial charge in [-0.25, -0.2) is 0 Å². The molecule has 0 fully saturated rings. The summed E-state index contributed by atoms with van der Waals surface area (Å²) in [4.78, 5) is 0. The summed E-state index contributed by atoms with van der Waals surface area (Å²) in [5.74, 6) is 1.78. The summed E-state index contributed by atoms with van der Waals surface area (Å²) in [6.07, 6.45) is 5.39. The minimum absolute atomic E-state index is 0.758. The van der Waals surface area contributed by atoms with Crippen LogP contribution in [0.5, 0.6) is 0 Å². The molecule has 0 aliphatic heterocycles. The van der Waals surface area contributed by atoms with Gasteiger partial charge in [0.15, 0.2) is 0 Å². The zero-order chi connectivity index (χ0) is 9.68. The first kappa shape index (κ1) is 10.6. The molecule has 13 heavy (non-hydrogen) atoms. The third-order valence-corrected chi connectivity index (χ3v) is 2.51. The van der Waals surface area contributed by atoms with Crippen molar-refractivity contribution in [1.82, 2.24) is 9.78 Å². The van der Waals surface area contributed by atoms with Crippen LogP contribution in [0.3, 0.4) is 0 Å². The second-order valence-corrected chi connectivity index (χ2v) is 4.55. The lowest BCUT2D eigenvalue weighted by Crippen LogP contribution is -2.02. The van der Waals surface area contributed by atoms with Crippen LogP contribution in [-0.2, 0) is 12.3 Å². The highest BCUT2D eigenvalue weighted by Crippen LogP contribution is 2.07. The number of rotatable bonds is 5. The Morgan fingerprint density at radius 3 is 2.92 bits per heavy atom. The van der Waals surface area contributed by atoms with Gasteiger partial charge in [0.25, 0.3) is 0 Å². The van der Waals surface area contributed by atoms with E-state index in [1.807, 2.05) is 16.4 Å². The van der Waals surface area contributed by atoms with Gasteiger partial charge in [0.2, 0.25) is 0 Å². The maximum Gasteiger partial charge on any atom is 0.0723 e. The third-order valence-electron chi connectivity index (χ3n) is 1.92. The molecule has 0 unspecified atom stereocenters. The van der Waals surface area contributed by atoms with Gasteiger partial charge in [0.05, 0.1) is 5.69 Å². The van der Waals surface area contributed by atoms with Crippen LogP contribution in [-0.4, -0.2) is 16.0 Å². The monoisotopic (exact) mass is 198 g/mol. The highest BCUT2D eigenvalue weighted by Gasteiger charge is 1.99. The molecule has 2 nitrogen and oxygen atoms in total. The average Bonchev–Trinajstić information content (AvgIpc) is 2.50. The summed E-state index contributed by atoms with van der Waals surface area (Å²) in [5.41, 5.74) is 1.19. The maximum absolute atomic E-state index is 4.47. The molecule has 0 N–H and O–H groups in total. The van der Waals surface area contributed by atoms with Crippen molar-refractivity contribution in [2.45, 2.75) is 32.6 Å². The maximum atomic E-state index is 4.47. The molecule has 3 heteroatoms. The van der Waals surface area contributed by atoms with E-state index >= 15 is 0 Å². The Labute approximate surface area is 84.7 Å². The highest BCUT2D eigenvalue weighted by molar-refractivity contribution is 7.97. The molecule has 0 saturated carbocycles. The molecule has 0 aliphatic carbocycles. The van der Waals surface area contributed by atoms with Crippen molar-refractivity contribution in [1.29, 1.82) is 0 Å². The van der Waals surface area contributed by atoms with Gasteiger partial charge in [-0.2, -0.15) is 16.9 Å². The smallest absolute Gasteiger partial charge is 0.0723 e. The van der Waals surface area contributed by atoms with Gasteiger partial charge in [-0.3, -0.25) is 4.68 Å². The first-order valence-corrected chi connectivity index (χ1v) is 6.13. The molecule has 1 rings (SSSR count). The fourth-order valence-corrected chi connectivity index (χ4v) is 1.59. The minimum atomic E-state index is 0.758. The summed E-state index contributed by atoms with van der Waals surface area (Å²) < 4.78 is 2.05. The fourth-order valence-electron chi connectivity index (χ4n) is 1.14. The molecule has 0 spiro atoms. The zero-order valence-electron chi connectivity index (χ0n) is 8.66. The number of aromatic nitrogens is 2. The second-order valence-electron chi connectivity index (χ2n) is 3.69. The van der Waals surface area contributed by atoms with Crippen molar-refractivity contribution in [3.8, 4) is 0 Å². The van der Waals surface area contributed by atoms with Crippen LogP contribution < -0.4 is 0 Å². The van der Waals surface area contributed by atoms with Gasteiger partial charge in [-0.15, -0.1) is 0 Å². The Morgan fingerprint density at radius 2 is 2.31 bits per heavy atom. The largest absolute Gasteiger partial charge is 0.272 e. The highest BCUT2D eigenvalue weighted by atomic mass is 32.2. The van der Waals surface area contributed by atoms with Crippen LogP contribution in [0.4, 0.5) is 0 Å². The predicted octanol–water partition coefficient (Wildman–Crippen LogP) is 2.79. The number of thioether (sulfide) groups is 1. The van der Waals surface area contributed by atoms with Gasteiger partial charge in [0.1, 0.15) is 0 Å². The lowest BCUT2D eigenvalue weighted by atomic mass is 10.1. The normalized spacial score (nSPS) is 11.1. The molecule has 0 aliphatic rings. The molecule has 0 radical (unpaired) electrons. The van der Waals surface area contributed by atoms with Crippen LogP contribution >= 0.6 is 11.8 Å². The molecular weight excluding hydrogens is 180 g/mol. The molecule has 0 saturated heterocycles. The lowest BCUT2D eigenvalue weighted by Gasteiger charge is -2.03. The standard InChI is InChI=1S/C10H18N2S/c1-9(2)4-6-12-7-5-10(11-12)8-13-3/h5,7,9H,4,6,8H2,1-3H3. The van der Waals surface area contributed by atoms with E-state index in [1.54, 1.807) is 0 Å². The molecule has 74 valence electrons. The Morgan fingerprint density at radius 1 is 1.54 bits per heavy atom. The first-order chi connectivity index (χ1) is 6.22. The minimum Gasteiger partial charge on any atom is -0.272 e. The van der Waals surface area contributed by atoms with E-state index in [9.17, 15) is 0 Å². The summed E-state index contributed by atoms with van der Waals surface area (Å²) >= 11 is 1.82. The molecule has 1 heterocycles. The topological polar surface area (TPSA) is 17.8 Å². The van der Waals surface area contributed by atoms with E-state index in [1.165, 1.54) is 12.1 Å². The van der Waals surface area contributed by atoms with Gasteiger partial charge in [-0.05, 0) is 24.7 Å². The molecule has 1 aromatic heterocycles. The summed E-state index contributed by atoms with van der Waals surface area (Å²) in [6.45, 7) is 5.53. The third kappa shape index (κ3) is 3.85. The second kappa shape index (κ2) is 5.32.